The van der Waals surface area contributed by atoms with Gasteiger partial charge in [0, 0.05) is 11.4 Å². The zero-order chi connectivity index (χ0) is 15.1. The van der Waals surface area contributed by atoms with E-state index in [9.17, 15) is 4.79 Å². The van der Waals surface area contributed by atoms with Gasteiger partial charge >= 0.3 is 6.03 Å². The lowest BCUT2D eigenvalue weighted by atomic mass is 10.2. The zero-order valence-electron chi connectivity index (χ0n) is 11.6. The van der Waals surface area contributed by atoms with E-state index < -0.39 is 0 Å². The summed E-state index contributed by atoms with van der Waals surface area (Å²) < 4.78 is 0. The maximum Gasteiger partial charge on any atom is 0.325 e. The number of nitrogens with zero attached hydrogens (tertiary/aromatic N) is 2. The van der Waals surface area contributed by atoms with Gasteiger partial charge < -0.3 is 10.6 Å². The summed E-state index contributed by atoms with van der Waals surface area (Å²) >= 11 is 5.46. The second-order valence-electron chi connectivity index (χ2n) is 5.20. The number of rotatable bonds is 2. The average Bonchev–Trinajstić information content (AvgIpc) is 3.01. The lowest BCUT2D eigenvalue weighted by molar-refractivity contribution is 0.250. The molecule has 2 saturated heterocycles. The van der Waals surface area contributed by atoms with Gasteiger partial charge in [0.15, 0.2) is 5.11 Å². The molecule has 2 unspecified atom stereocenters. The molecule has 5 nitrogen and oxygen atoms in total. The Labute approximate surface area is 133 Å². The Hall–Kier alpha value is -2.60. The Kier molecular flexibility index (Phi) is 2.97. The number of anilines is 2. The van der Waals surface area contributed by atoms with Crippen molar-refractivity contribution in [2.24, 2.45) is 0 Å². The van der Waals surface area contributed by atoms with Crippen molar-refractivity contribution in [3.63, 3.8) is 0 Å². The van der Waals surface area contributed by atoms with Gasteiger partial charge in [-0.3, -0.25) is 9.80 Å². The second-order valence-corrected chi connectivity index (χ2v) is 5.59. The minimum Gasteiger partial charge on any atom is -0.338 e. The van der Waals surface area contributed by atoms with Crippen LogP contribution in [0.1, 0.15) is 0 Å². The summed E-state index contributed by atoms with van der Waals surface area (Å²) in [6.07, 6.45) is -0.440. The maximum atomic E-state index is 12.4. The van der Waals surface area contributed by atoms with Crippen LogP contribution in [-0.2, 0) is 0 Å². The van der Waals surface area contributed by atoms with Crippen LogP contribution in [0.15, 0.2) is 60.7 Å². The van der Waals surface area contributed by atoms with Gasteiger partial charge in [-0.15, -0.1) is 0 Å². The molecule has 0 bridgehead atoms. The summed E-state index contributed by atoms with van der Waals surface area (Å²) in [4.78, 5) is 16.0. The predicted octanol–water partition coefficient (Wildman–Crippen LogP) is 2.26. The molecule has 2 heterocycles. The normalized spacial score (nSPS) is 23.3. The fraction of sp³-hybridized carbons (Fsp3) is 0.125. The van der Waals surface area contributed by atoms with Crippen molar-refractivity contribution >= 4 is 34.7 Å². The number of carbonyl (C=O) groups excluding carboxylic acids is 1. The van der Waals surface area contributed by atoms with Gasteiger partial charge in [0.1, 0.15) is 12.3 Å². The number of hydrogen-bond donors (Lipinski definition) is 2. The molecule has 0 aromatic heterocycles. The van der Waals surface area contributed by atoms with Crippen molar-refractivity contribution in [3.8, 4) is 0 Å². The van der Waals surface area contributed by atoms with E-state index in [-0.39, 0.29) is 18.4 Å². The topological polar surface area (TPSA) is 47.6 Å². The smallest absolute Gasteiger partial charge is 0.325 e. The van der Waals surface area contributed by atoms with Crippen LogP contribution in [0.5, 0.6) is 0 Å². The van der Waals surface area contributed by atoms with Crippen LogP contribution in [0.2, 0.25) is 0 Å². The Morgan fingerprint density at radius 3 is 1.86 bits per heavy atom. The lowest BCUT2D eigenvalue weighted by Gasteiger charge is -2.23. The van der Waals surface area contributed by atoms with Crippen LogP contribution in [0.25, 0.3) is 0 Å². The Bertz CT molecular complexity index is 658. The highest BCUT2D eigenvalue weighted by Crippen LogP contribution is 2.30. The molecule has 2 amide bonds. The highest BCUT2D eigenvalue weighted by Gasteiger charge is 2.49. The minimum atomic E-state index is -0.220. The van der Waals surface area contributed by atoms with Gasteiger partial charge in [-0.1, -0.05) is 36.4 Å². The molecule has 0 aliphatic carbocycles. The highest BCUT2D eigenvalue weighted by molar-refractivity contribution is 7.80. The summed E-state index contributed by atoms with van der Waals surface area (Å²) in [5.74, 6) is 0. The molecule has 4 rings (SSSR count). The van der Waals surface area contributed by atoms with E-state index in [1.165, 1.54) is 0 Å². The van der Waals surface area contributed by atoms with Gasteiger partial charge in [0.2, 0.25) is 0 Å². The van der Waals surface area contributed by atoms with Gasteiger partial charge in [0.25, 0.3) is 0 Å². The van der Waals surface area contributed by atoms with Gasteiger partial charge in [-0.2, -0.15) is 0 Å². The molecule has 2 fully saturated rings. The van der Waals surface area contributed by atoms with Crippen molar-refractivity contribution in [1.82, 2.24) is 10.6 Å². The molecule has 2 aromatic carbocycles. The molecule has 22 heavy (non-hydrogen) atoms. The molecular weight excluding hydrogens is 296 g/mol. The minimum absolute atomic E-state index is 0.128. The summed E-state index contributed by atoms with van der Waals surface area (Å²) in [6, 6.07) is 19.3. The van der Waals surface area contributed by atoms with Crippen molar-refractivity contribution in [2.75, 3.05) is 9.80 Å². The first-order valence-electron chi connectivity index (χ1n) is 7.05. The van der Waals surface area contributed by atoms with Crippen molar-refractivity contribution < 1.29 is 4.79 Å². The molecule has 2 aromatic rings. The summed E-state index contributed by atoms with van der Waals surface area (Å²) in [7, 11) is 0. The van der Waals surface area contributed by atoms with Crippen LogP contribution >= 0.6 is 12.2 Å². The zero-order valence-corrected chi connectivity index (χ0v) is 12.5. The van der Waals surface area contributed by atoms with Gasteiger partial charge in [0.05, 0.1) is 0 Å². The first kappa shape index (κ1) is 13.1. The number of para-hydroxylation sites is 2. The van der Waals surface area contributed by atoms with Crippen molar-refractivity contribution in [2.45, 2.75) is 12.3 Å². The number of hydrogen-bond acceptors (Lipinski definition) is 2. The molecule has 0 radical (unpaired) electrons. The van der Waals surface area contributed by atoms with E-state index in [0.29, 0.717) is 5.11 Å². The van der Waals surface area contributed by atoms with Gasteiger partial charge in [-0.05, 0) is 36.5 Å². The number of urea groups is 1. The number of fused-ring (bicyclic) bond motifs is 1. The number of thiocarbonyl (C=S) groups is 1. The molecule has 6 heteroatoms. The Balaban J connectivity index is 1.70. The lowest BCUT2D eigenvalue weighted by Crippen LogP contribution is -2.43. The standard InChI is InChI=1S/C16H14N4OS/c21-15-17-13-14(19(15)11-7-3-1-4-8-11)18-16(22)20(13)12-9-5-2-6-10-12/h1-10,13-14H,(H,17,21)(H,18,22). The molecule has 2 aliphatic rings. The molecule has 0 spiro atoms. The number of carbonyl (C=O) groups is 1. The second kappa shape index (κ2) is 4.99. The molecule has 0 saturated carbocycles. The van der Waals surface area contributed by atoms with Crippen molar-refractivity contribution in [1.29, 1.82) is 0 Å². The first-order chi connectivity index (χ1) is 10.8. The van der Waals surface area contributed by atoms with E-state index in [0.717, 1.165) is 11.4 Å². The number of benzene rings is 2. The van der Waals surface area contributed by atoms with Crippen LogP contribution in [0.3, 0.4) is 0 Å². The van der Waals surface area contributed by atoms with Crippen LogP contribution in [0.4, 0.5) is 16.2 Å². The predicted molar refractivity (Wildman–Crippen MR) is 89.7 cm³/mol. The highest BCUT2D eigenvalue weighted by atomic mass is 32.1. The van der Waals surface area contributed by atoms with E-state index in [4.69, 9.17) is 12.2 Å². The Morgan fingerprint density at radius 1 is 0.773 bits per heavy atom. The molecule has 2 atom stereocenters. The molecular formula is C16H14N4OS. The van der Waals surface area contributed by atoms with E-state index in [2.05, 4.69) is 10.6 Å². The quantitative estimate of drug-likeness (QED) is 0.836. The third-order valence-corrected chi connectivity index (χ3v) is 4.22. The third kappa shape index (κ3) is 1.92. The van der Waals surface area contributed by atoms with E-state index >= 15 is 0 Å². The monoisotopic (exact) mass is 310 g/mol. The van der Waals surface area contributed by atoms with Crippen LogP contribution in [-0.4, -0.2) is 23.5 Å². The first-order valence-corrected chi connectivity index (χ1v) is 7.46. The maximum absolute atomic E-state index is 12.4. The van der Waals surface area contributed by atoms with Crippen molar-refractivity contribution in [3.05, 3.63) is 60.7 Å². The largest absolute Gasteiger partial charge is 0.338 e. The SMILES string of the molecule is O=C1NC2C(NC(=S)N2c2ccccc2)N1c1ccccc1. The van der Waals surface area contributed by atoms with E-state index in [1.54, 1.807) is 4.90 Å². The number of nitrogens with one attached hydrogen (secondary N) is 2. The molecule has 110 valence electrons. The van der Waals surface area contributed by atoms with E-state index in [1.807, 2.05) is 65.6 Å². The van der Waals surface area contributed by atoms with Crippen LogP contribution < -0.4 is 20.4 Å². The van der Waals surface area contributed by atoms with Gasteiger partial charge in [-0.25, -0.2) is 4.79 Å². The fourth-order valence-electron chi connectivity index (χ4n) is 2.95. The fourth-order valence-corrected chi connectivity index (χ4v) is 3.29. The average molecular weight is 310 g/mol. The number of amides is 2. The molecule has 2 aliphatic heterocycles. The summed E-state index contributed by atoms with van der Waals surface area (Å²) in [5.41, 5.74) is 1.81. The Morgan fingerprint density at radius 2 is 1.27 bits per heavy atom. The summed E-state index contributed by atoms with van der Waals surface area (Å²) in [6.45, 7) is 0. The van der Waals surface area contributed by atoms with Crippen LogP contribution in [0, 0.1) is 0 Å². The molecule has 2 N–H and O–H groups in total. The third-order valence-electron chi connectivity index (χ3n) is 3.90. The summed E-state index contributed by atoms with van der Waals surface area (Å²) in [5, 5.41) is 6.86.